The predicted molar refractivity (Wildman–Crippen MR) is 73.0 cm³/mol. The number of rotatable bonds is 7. The van der Waals surface area contributed by atoms with Crippen LogP contribution in [-0.2, 0) is 6.54 Å². The van der Waals surface area contributed by atoms with Crippen molar-refractivity contribution < 1.29 is 9.50 Å². The highest BCUT2D eigenvalue weighted by Gasteiger charge is 2.16. The molecule has 1 N–H and O–H groups in total. The van der Waals surface area contributed by atoms with Gasteiger partial charge in [-0.3, -0.25) is 4.90 Å². The molecule has 0 atom stereocenters. The van der Waals surface area contributed by atoms with Crippen molar-refractivity contribution in [3.63, 3.8) is 0 Å². The van der Waals surface area contributed by atoms with E-state index in [1.54, 1.807) is 6.07 Å². The maximum absolute atomic E-state index is 13.8. The Morgan fingerprint density at radius 3 is 2.58 bits per heavy atom. The Morgan fingerprint density at radius 1 is 1.37 bits per heavy atom. The van der Waals surface area contributed by atoms with Crippen molar-refractivity contribution >= 4 is 0 Å². The van der Waals surface area contributed by atoms with E-state index in [0.717, 1.165) is 12.8 Å². The molecule has 0 fully saturated rings. The first kappa shape index (κ1) is 15.6. The van der Waals surface area contributed by atoms with Gasteiger partial charge >= 0.3 is 0 Å². The van der Waals surface area contributed by atoms with E-state index in [0.29, 0.717) is 30.3 Å². The Labute approximate surface area is 114 Å². The van der Waals surface area contributed by atoms with Crippen LogP contribution in [0.3, 0.4) is 0 Å². The monoisotopic (exact) mass is 264 g/mol. The summed E-state index contributed by atoms with van der Waals surface area (Å²) < 4.78 is 13.8. The van der Waals surface area contributed by atoms with Gasteiger partial charge in [0.25, 0.3) is 0 Å². The molecule has 0 aliphatic carbocycles. The average molecular weight is 264 g/mol. The molecule has 0 heterocycles. The quantitative estimate of drug-likeness (QED) is 0.823. The summed E-state index contributed by atoms with van der Waals surface area (Å²) in [5.74, 6) is -0.298. The second kappa shape index (κ2) is 7.88. The lowest BCUT2D eigenvalue weighted by atomic mass is 10.1. The van der Waals surface area contributed by atoms with Crippen molar-refractivity contribution in [1.29, 1.82) is 5.26 Å². The fourth-order valence-corrected chi connectivity index (χ4v) is 2.31. The standard InChI is InChI=1S/C15H21FN2O/c1-3-14(4-2)18(7-8-19)11-13-9-12(10-17)5-6-15(13)16/h5-6,9,14,19H,3-4,7-8,11H2,1-2H3. The maximum Gasteiger partial charge on any atom is 0.127 e. The molecule has 0 aliphatic rings. The van der Waals surface area contributed by atoms with Gasteiger partial charge < -0.3 is 5.11 Å². The largest absolute Gasteiger partial charge is 0.395 e. The normalized spacial score (nSPS) is 11.0. The topological polar surface area (TPSA) is 47.3 Å². The molecule has 1 aromatic rings. The number of nitriles is 1. The van der Waals surface area contributed by atoms with Crippen molar-refractivity contribution in [3.8, 4) is 6.07 Å². The zero-order chi connectivity index (χ0) is 14.3. The van der Waals surface area contributed by atoms with Crippen molar-refractivity contribution in [2.75, 3.05) is 13.2 Å². The zero-order valence-corrected chi connectivity index (χ0v) is 11.6. The molecule has 0 saturated carbocycles. The fourth-order valence-electron chi connectivity index (χ4n) is 2.31. The van der Waals surface area contributed by atoms with E-state index in [4.69, 9.17) is 10.4 Å². The maximum atomic E-state index is 13.8. The van der Waals surface area contributed by atoms with Gasteiger partial charge in [-0.25, -0.2) is 4.39 Å². The van der Waals surface area contributed by atoms with Crippen LogP contribution < -0.4 is 0 Å². The molecule has 0 aliphatic heterocycles. The third kappa shape index (κ3) is 4.30. The van der Waals surface area contributed by atoms with E-state index in [-0.39, 0.29) is 12.4 Å². The first-order valence-electron chi connectivity index (χ1n) is 6.69. The lowest BCUT2D eigenvalue weighted by Gasteiger charge is -2.30. The summed E-state index contributed by atoms with van der Waals surface area (Å²) in [6.07, 6.45) is 1.91. The molecule has 1 rings (SSSR count). The fraction of sp³-hybridized carbons (Fsp3) is 0.533. The molecule has 0 amide bonds. The molecule has 4 heteroatoms. The first-order chi connectivity index (χ1) is 9.15. The van der Waals surface area contributed by atoms with Crippen molar-refractivity contribution in [2.24, 2.45) is 0 Å². The minimum absolute atomic E-state index is 0.0516. The van der Waals surface area contributed by atoms with Crippen molar-refractivity contribution in [2.45, 2.75) is 39.3 Å². The van der Waals surface area contributed by atoms with Crippen LogP contribution in [0.5, 0.6) is 0 Å². The predicted octanol–water partition coefficient (Wildman–Crippen LogP) is 2.68. The third-order valence-corrected chi connectivity index (χ3v) is 3.39. The van der Waals surface area contributed by atoms with Gasteiger partial charge in [-0.15, -0.1) is 0 Å². The van der Waals surface area contributed by atoms with Crippen LogP contribution in [0.25, 0.3) is 0 Å². The number of halogens is 1. The van der Waals surface area contributed by atoms with Crippen LogP contribution in [0.15, 0.2) is 18.2 Å². The van der Waals surface area contributed by atoms with E-state index < -0.39 is 0 Å². The van der Waals surface area contributed by atoms with Gasteiger partial charge in [0, 0.05) is 24.7 Å². The summed E-state index contributed by atoms with van der Waals surface area (Å²) in [7, 11) is 0. The Kier molecular flexibility index (Phi) is 6.48. The molecule has 0 bridgehead atoms. The summed E-state index contributed by atoms with van der Waals surface area (Å²) >= 11 is 0. The van der Waals surface area contributed by atoms with Crippen LogP contribution in [-0.4, -0.2) is 29.2 Å². The minimum atomic E-state index is -0.298. The van der Waals surface area contributed by atoms with E-state index in [9.17, 15) is 4.39 Å². The van der Waals surface area contributed by atoms with Gasteiger partial charge in [0.1, 0.15) is 5.82 Å². The smallest absolute Gasteiger partial charge is 0.127 e. The van der Waals surface area contributed by atoms with Gasteiger partial charge in [-0.2, -0.15) is 5.26 Å². The molecule has 0 saturated heterocycles. The number of benzene rings is 1. The molecular weight excluding hydrogens is 243 g/mol. The van der Waals surface area contributed by atoms with Crippen LogP contribution in [0.1, 0.15) is 37.8 Å². The van der Waals surface area contributed by atoms with Crippen molar-refractivity contribution in [3.05, 3.63) is 35.1 Å². The summed E-state index contributed by atoms with van der Waals surface area (Å²) in [6, 6.07) is 6.73. The Hall–Kier alpha value is -1.44. The number of nitrogens with zero attached hydrogens (tertiary/aromatic N) is 2. The van der Waals surface area contributed by atoms with E-state index in [1.807, 2.05) is 6.07 Å². The molecular formula is C15H21FN2O. The highest BCUT2D eigenvalue weighted by molar-refractivity contribution is 5.33. The molecule has 0 spiro atoms. The third-order valence-electron chi connectivity index (χ3n) is 3.39. The molecule has 0 radical (unpaired) electrons. The lowest BCUT2D eigenvalue weighted by Crippen LogP contribution is -2.36. The summed E-state index contributed by atoms with van der Waals surface area (Å²) in [5, 5.41) is 18.0. The van der Waals surface area contributed by atoms with Crippen LogP contribution in [0.2, 0.25) is 0 Å². The molecule has 0 aromatic heterocycles. The number of aliphatic hydroxyl groups excluding tert-OH is 1. The average Bonchev–Trinajstić information content (AvgIpc) is 2.42. The first-order valence-corrected chi connectivity index (χ1v) is 6.69. The molecule has 104 valence electrons. The van der Waals surface area contributed by atoms with E-state index >= 15 is 0 Å². The molecule has 0 unspecified atom stereocenters. The van der Waals surface area contributed by atoms with Gasteiger partial charge in [0.2, 0.25) is 0 Å². The molecule has 3 nitrogen and oxygen atoms in total. The van der Waals surface area contributed by atoms with Gasteiger partial charge in [-0.05, 0) is 31.0 Å². The van der Waals surface area contributed by atoms with Crippen LogP contribution in [0.4, 0.5) is 4.39 Å². The second-order valence-corrected chi connectivity index (χ2v) is 4.58. The number of aliphatic hydroxyl groups is 1. The SMILES string of the molecule is CCC(CC)N(CCO)Cc1cc(C#N)ccc1F. The highest BCUT2D eigenvalue weighted by Crippen LogP contribution is 2.17. The summed E-state index contributed by atoms with van der Waals surface area (Å²) in [6.45, 7) is 5.16. The summed E-state index contributed by atoms with van der Waals surface area (Å²) in [5.41, 5.74) is 0.976. The second-order valence-electron chi connectivity index (χ2n) is 4.58. The van der Waals surface area contributed by atoms with Gasteiger partial charge in [-0.1, -0.05) is 13.8 Å². The highest BCUT2D eigenvalue weighted by atomic mass is 19.1. The zero-order valence-electron chi connectivity index (χ0n) is 11.6. The Balaban J connectivity index is 2.92. The Morgan fingerprint density at radius 2 is 2.05 bits per heavy atom. The van der Waals surface area contributed by atoms with E-state index in [2.05, 4.69) is 18.7 Å². The molecule has 1 aromatic carbocycles. The number of hydrogen-bond donors (Lipinski definition) is 1. The number of hydrogen-bond acceptors (Lipinski definition) is 3. The lowest BCUT2D eigenvalue weighted by molar-refractivity contribution is 0.135. The van der Waals surface area contributed by atoms with Crippen molar-refractivity contribution in [1.82, 2.24) is 4.90 Å². The van der Waals surface area contributed by atoms with Crippen LogP contribution >= 0.6 is 0 Å². The Bertz CT molecular complexity index is 438. The van der Waals surface area contributed by atoms with Gasteiger partial charge in [0.05, 0.1) is 18.2 Å². The minimum Gasteiger partial charge on any atom is -0.395 e. The van der Waals surface area contributed by atoms with Gasteiger partial charge in [0.15, 0.2) is 0 Å². The van der Waals surface area contributed by atoms with Crippen LogP contribution in [0, 0.1) is 17.1 Å². The summed E-state index contributed by atoms with van der Waals surface area (Å²) in [4.78, 5) is 2.07. The molecule has 19 heavy (non-hydrogen) atoms. The van der Waals surface area contributed by atoms with E-state index in [1.165, 1.54) is 12.1 Å².